The maximum atomic E-state index is 12.5. The molecule has 2 rings (SSSR count). The van der Waals surface area contributed by atoms with Gasteiger partial charge < -0.3 is 38.2 Å². The summed E-state index contributed by atoms with van der Waals surface area (Å²) >= 11 is 0. The Bertz CT molecular complexity index is 1180. The summed E-state index contributed by atoms with van der Waals surface area (Å²) in [7, 11) is 12.7. The van der Waals surface area contributed by atoms with E-state index in [1.165, 1.54) is 12.2 Å². The highest BCUT2D eigenvalue weighted by Crippen LogP contribution is 2.39. The maximum absolute atomic E-state index is 12.5. The van der Waals surface area contributed by atoms with Crippen molar-refractivity contribution in [2.45, 2.75) is 0 Å². The molecule has 0 aliphatic carbocycles. The number of amides is 2. The number of methoxy groups -OCH3 is 6. The van der Waals surface area contributed by atoms with Crippen LogP contribution in [0.2, 0.25) is 0 Å². The topological polar surface area (TPSA) is 96.0 Å². The van der Waals surface area contributed by atoms with Crippen LogP contribution in [0.3, 0.4) is 0 Å². The highest BCUT2D eigenvalue weighted by molar-refractivity contribution is 5.89. The second-order valence-electron chi connectivity index (χ2n) is 8.87. The molecule has 0 bridgehead atoms. The Kier molecular flexibility index (Phi) is 13.5. The monoisotopic (exact) mass is 580 g/mol. The van der Waals surface area contributed by atoms with Crippen LogP contribution in [0.15, 0.2) is 60.7 Å². The molecule has 0 aliphatic heterocycles. The van der Waals surface area contributed by atoms with Gasteiger partial charge in [0.05, 0.1) is 42.7 Å². The smallest absolute Gasteiger partial charge is 0.246 e. The van der Waals surface area contributed by atoms with E-state index in [-0.39, 0.29) is 11.8 Å². The fourth-order valence-electron chi connectivity index (χ4n) is 3.78. The first kappa shape index (κ1) is 33.3. The Morgan fingerprint density at radius 1 is 0.548 bits per heavy atom. The lowest BCUT2D eigenvalue weighted by atomic mass is 10.1. The zero-order valence-corrected chi connectivity index (χ0v) is 25.5. The van der Waals surface area contributed by atoms with Gasteiger partial charge in [-0.2, -0.15) is 0 Å². The Hall–Kier alpha value is -4.86. The van der Waals surface area contributed by atoms with Gasteiger partial charge in [-0.05, 0) is 35.4 Å². The molecule has 2 aromatic carbocycles. The molecule has 2 aromatic rings. The normalized spacial score (nSPS) is 11.3. The molecule has 226 valence electrons. The molecule has 0 N–H and O–H groups in total. The van der Waals surface area contributed by atoms with E-state index in [0.29, 0.717) is 47.6 Å². The number of allylic oxidation sites excluding steroid dienone is 4. The number of carbonyl (C=O) groups is 2. The average Bonchev–Trinajstić information content (AvgIpc) is 3.01. The average molecular weight is 581 g/mol. The van der Waals surface area contributed by atoms with Gasteiger partial charge in [-0.25, -0.2) is 0 Å². The maximum Gasteiger partial charge on any atom is 0.246 e. The molecule has 0 atom stereocenters. The minimum absolute atomic E-state index is 0.186. The van der Waals surface area contributed by atoms with Gasteiger partial charge in [0, 0.05) is 39.3 Å². The molecule has 0 aliphatic rings. The largest absolute Gasteiger partial charge is 0.493 e. The summed E-state index contributed by atoms with van der Waals surface area (Å²) in [6, 6.07) is 7.24. The number of hydrogen-bond donors (Lipinski definition) is 0. The summed E-state index contributed by atoms with van der Waals surface area (Å²) < 4.78 is 32.1. The summed E-state index contributed by atoms with van der Waals surface area (Å²) in [6.07, 6.45) is 13.4. The van der Waals surface area contributed by atoms with Crippen LogP contribution in [0.25, 0.3) is 12.2 Å². The number of likely N-dealkylation sites (N-methyl/N-ethyl adjacent to an activating group) is 2. The Morgan fingerprint density at radius 2 is 0.857 bits per heavy atom. The van der Waals surface area contributed by atoms with Crippen LogP contribution in [0.1, 0.15) is 11.1 Å². The zero-order valence-electron chi connectivity index (χ0n) is 25.5. The molecule has 0 aromatic heterocycles. The van der Waals surface area contributed by atoms with Crippen molar-refractivity contribution >= 4 is 24.0 Å². The Labute approximate surface area is 248 Å². The van der Waals surface area contributed by atoms with E-state index >= 15 is 0 Å². The van der Waals surface area contributed by atoms with Crippen molar-refractivity contribution in [2.75, 3.05) is 69.8 Å². The first-order chi connectivity index (χ1) is 20.2. The van der Waals surface area contributed by atoms with E-state index < -0.39 is 0 Å². The quantitative estimate of drug-likeness (QED) is 0.225. The molecule has 0 saturated heterocycles. The van der Waals surface area contributed by atoms with Crippen molar-refractivity contribution in [3.63, 3.8) is 0 Å². The third kappa shape index (κ3) is 9.36. The fraction of sp³-hybridized carbons (Fsp3) is 0.312. The highest BCUT2D eigenvalue weighted by atomic mass is 16.5. The number of ether oxygens (including phenoxy) is 6. The van der Waals surface area contributed by atoms with Crippen LogP contribution in [0.5, 0.6) is 34.5 Å². The first-order valence-corrected chi connectivity index (χ1v) is 13.0. The van der Waals surface area contributed by atoms with Gasteiger partial charge in [0.25, 0.3) is 0 Å². The number of carbonyl (C=O) groups excluding carboxylic acids is 2. The van der Waals surface area contributed by atoms with Gasteiger partial charge in [0.15, 0.2) is 23.0 Å². The highest BCUT2D eigenvalue weighted by Gasteiger charge is 2.13. The molecular formula is C32H40N2O8. The Balaban J connectivity index is 1.89. The van der Waals surface area contributed by atoms with E-state index in [4.69, 9.17) is 28.4 Å². The van der Waals surface area contributed by atoms with Gasteiger partial charge in [0.2, 0.25) is 23.3 Å². The summed E-state index contributed by atoms with van der Waals surface area (Å²) in [5, 5.41) is 0. The number of nitrogens with zero attached hydrogens (tertiary/aromatic N) is 2. The van der Waals surface area contributed by atoms with Gasteiger partial charge in [-0.3, -0.25) is 9.59 Å². The van der Waals surface area contributed by atoms with E-state index in [9.17, 15) is 9.59 Å². The van der Waals surface area contributed by atoms with Crippen molar-refractivity contribution in [1.82, 2.24) is 9.80 Å². The minimum atomic E-state index is -0.186. The van der Waals surface area contributed by atoms with E-state index in [1.807, 2.05) is 36.4 Å². The SMILES string of the molecule is COc1cc(/C=C/C=C/C(=O)N(C)CCN(C)C(=O)/C=C/C=C/c2cc(OC)c(OC)c(OC)c2)cc(OC)c1OC. The number of benzene rings is 2. The van der Waals surface area contributed by atoms with Crippen LogP contribution < -0.4 is 28.4 Å². The molecule has 2 amide bonds. The second kappa shape index (κ2) is 17.1. The van der Waals surface area contributed by atoms with Crippen LogP contribution in [-0.2, 0) is 9.59 Å². The fourth-order valence-corrected chi connectivity index (χ4v) is 3.78. The molecule has 10 nitrogen and oxygen atoms in total. The lowest BCUT2D eigenvalue weighted by Crippen LogP contribution is -2.36. The predicted octanol–water partition coefficient (Wildman–Crippen LogP) is 4.49. The molecule has 0 radical (unpaired) electrons. The Morgan fingerprint density at radius 3 is 1.12 bits per heavy atom. The molecule has 0 spiro atoms. The van der Waals surface area contributed by atoms with Crippen molar-refractivity contribution in [3.8, 4) is 34.5 Å². The molecule has 42 heavy (non-hydrogen) atoms. The lowest BCUT2D eigenvalue weighted by molar-refractivity contribution is -0.128. The van der Waals surface area contributed by atoms with E-state index in [1.54, 1.807) is 90.9 Å². The zero-order chi connectivity index (χ0) is 31.1. The second-order valence-corrected chi connectivity index (χ2v) is 8.87. The molecule has 0 heterocycles. The molecule has 0 saturated carbocycles. The van der Waals surface area contributed by atoms with Crippen molar-refractivity contribution < 1.29 is 38.0 Å². The summed E-state index contributed by atoms with van der Waals surface area (Å²) in [4.78, 5) is 28.1. The van der Waals surface area contributed by atoms with Crippen LogP contribution >= 0.6 is 0 Å². The van der Waals surface area contributed by atoms with Crippen LogP contribution in [0.4, 0.5) is 0 Å². The first-order valence-electron chi connectivity index (χ1n) is 13.0. The van der Waals surface area contributed by atoms with Crippen molar-refractivity contribution in [2.24, 2.45) is 0 Å². The molecule has 10 heteroatoms. The summed E-state index contributed by atoms with van der Waals surface area (Å²) in [5.74, 6) is 2.81. The molecule has 0 fully saturated rings. The third-order valence-electron chi connectivity index (χ3n) is 6.17. The van der Waals surface area contributed by atoms with E-state index in [0.717, 1.165) is 11.1 Å². The third-order valence-corrected chi connectivity index (χ3v) is 6.17. The standard InChI is InChI=1S/C32H40N2O8/c1-33(29(35)15-11-9-13-23-19-25(37-3)31(41-7)26(20-23)38-4)17-18-34(2)30(36)16-12-10-14-24-21-27(39-5)32(42-8)28(22-24)40-6/h9-16,19-22H,17-18H2,1-8H3/b13-9+,14-10+,15-11+,16-12+. The van der Waals surface area contributed by atoms with Crippen molar-refractivity contribution in [3.05, 3.63) is 71.8 Å². The van der Waals surface area contributed by atoms with Crippen LogP contribution in [-0.4, -0.2) is 91.5 Å². The van der Waals surface area contributed by atoms with Crippen LogP contribution in [0, 0.1) is 0 Å². The van der Waals surface area contributed by atoms with Crippen molar-refractivity contribution in [1.29, 1.82) is 0 Å². The van der Waals surface area contributed by atoms with Gasteiger partial charge in [0.1, 0.15) is 0 Å². The predicted molar refractivity (Wildman–Crippen MR) is 164 cm³/mol. The summed E-state index contributed by atoms with van der Waals surface area (Å²) in [5.41, 5.74) is 1.64. The van der Waals surface area contributed by atoms with Gasteiger partial charge in [-0.1, -0.05) is 36.5 Å². The number of rotatable bonds is 15. The van der Waals surface area contributed by atoms with Gasteiger partial charge >= 0.3 is 0 Å². The lowest BCUT2D eigenvalue weighted by Gasteiger charge is -2.20. The molecule has 0 unspecified atom stereocenters. The minimum Gasteiger partial charge on any atom is -0.493 e. The van der Waals surface area contributed by atoms with E-state index in [2.05, 4.69) is 0 Å². The van der Waals surface area contributed by atoms with Gasteiger partial charge in [-0.15, -0.1) is 0 Å². The summed E-state index contributed by atoms with van der Waals surface area (Å²) in [6.45, 7) is 0.744. The molecular weight excluding hydrogens is 540 g/mol. The number of hydrogen-bond acceptors (Lipinski definition) is 8.